The molecule has 1 aromatic heterocycles. The summed E-state index contributed by atoms with van der Waals surface area (Å²) >= 11 is 12.0. The maximum atomic E-state index is 12.0. The largest absolute Gasteiger partial charge is 0.335 e. The Morgan fingerprint density at radius 3 is 2.82 bits per heavy atom. The molecule has 0 unspecified atom stereocenters. The van der Waals surface area contributed by atoms with Gasteiger partial charge in [0.15, 0.2) is 5.69 Å². The smallest absolute Gasteiger partial charge is 0.274 e. The first-order valence-electron chi connectivity index (χ1n) is 6.45. The summed E-state index contributed by atoms with van der Waals surface area (Å²) in [4.78, 5) is 12.0. The Morgan fingerprint density at radius 1 is 1.45 bits per heavy atom. The Morgan fingerprint density at radius 2 is 2.18 bits per heavy atom. The zero-order chi connectivity index (χ0) is 16.3. The van der Waals surface area contributed by atoms with Crippen molar-refractivity contribution in [2.45, 2.75) is 25.9 Å². The van der Waals surface area contributed by atoms with Crippen molar-refractivity contribution in [1.82, 2.24) is 20.3 Å². The van der Waals surface area contributed by atoms with Gasteiger partial charge in [0.2, 0.25) is 0 Å². The molecular formula is C15H14Cl2N4O. The number of nitrogens with one attached hydrogen (secondary N) is 1. The van der Waals surface area contributed by atoms with Crippen LogP contribution in [0.15, 0.2) is 24.4 Å². The second-order valence-electron chi connectivity index (χ2n) is 5.26. The lowest BCUT2D eigenvalue weighted by molar-refractivity contribution is 0.0924. The number of carbonyl (C=O) groups is 1. The molecule has 0 spiro atoms. The lowest BCUT2D eigenvalue weighted by atomic mass is 10.1. The first-order valence-corrected chi connectivity index (χ1v) is 7.20. The van der Waals surface area contributed by atoms with Crippen molar-refractivity contribution in [3.63, 3.8) is 0 Å². The molecule has 0 atom stereocenters. The third-order valence-electron chi connectivity index (χ3n) is 2.91. The van der Waals surface area contributed by atoms with E-state index in [1.165, 1.54) is 10.9 Å². The maximum Gasteiger partial charge on any atom is 0.274 e. The summed E-state index contributed by atoms with van der Waals surface area (Å²) in [5.41, 5.74) is 0.265. The van der Waals surface area contributed by atoms with E-state index < -0.39 is 5.54 Å². The number of terminal acetylenes is 1. The van der Waals surface area contributed by atoms with Crippen molar-refractivity contribution in [2.24, 2.45) is 0 Å². The molecule has 1 heterocycles. The molecule has 22 heavy (non-hydrogen) atoms. The summed E-state index contributed by atoms with van der Waals surface area (Å²) in [6.07, 6.45) is 6.87. The highest BCUT2D eigenvalue weighted by atomic mass is 35.5. The van der Waals surface area contributed by atoms with Crippen LogP contribution in [0.4, 0.5) is 0 Å². The summed E-state index contributed by atoms with van der Waals surface area (Å²) in [7, 11) is 0. The second-order valence-corrected chi connectivity index (χ2v) is 6.10. The fraction of sp³-hybridized carbons (Fsp3) is 0.267. The van der Waals surface area contributed by atoms with E-state index in [1.54, 1.807) is 32.0 Å². The minimum absolute atomic E-state index is 0.188. The Balaban J connectivity index is 2.12. The summed E-state index contributed by atoms with van der Waals surface area (Å²) in [6, 6.07) is 5.19. The van der Waals surface area contributed by atoms with Crippen LogP contribution in [0.3, 0.4) is 0 Å². The number of hydrogen-bond acceptors (Lipinski definition) is 3. The summed E-state index contributed by atoms with van der Waals surface area (Å²) in [5.74, 6) is 2.11. The Bertz CT molecular complexity index is 746. The number of nitrogens with zero attached hydrogens (tertiary/aromatic N) is 3. The van der Waals surface area contributed by atoms with Crippen molar-refractivity contribution in [3.05, 3.63) is 45.7 Å². The lowest BCUT2D eigenvalue weighted by Gasteiger charge is -2.18. The normalized spacial score (nSPS) is 11.0. The molecule has 0 saturated heterocycles. The fourth-order valence-corrected chi connectivity index (χ4v) is 2.16. The molecule has 1 amide bonds. The molecule has 2 rings (SSSR count). The van der Waals surface area contributed by atoms with Crippen LogP contribution in [0.5, 0.6) is 0 Å². The molecule has 2 aromatic rings. The molecule has 0 bridgehead atoms. The van der Waals surface area contributed by atoms with E-state index in [0.717, 1.165) is 5.56 Å². The van der Waals surface area contributed by atoms with Crippen LogP contribution in [-0.2, 0) is 6.54 Å². The van der Waals surface area contributed by atoms with Gasteiger partial charge < -0.3 is 5.32 Å². The van der Waals surface area contributed by atoms with Crippen LogP contribution in [0.1, 0.15) is 29.9 Å². The van der Waals surface area contributed by atoms with Crippen molar-refractivity contribution in [3.8, 4) is 12.3 Å². The minimum atomic E-state index is -0.750. The number of hydrogen-bond donors (Lipinski definition) is 1. The molecule has 0 aliphatic heterocycles. The number of carbonyl (C=O) groups excluding carboxylic acids is 1. The molecule has 7 heteroatoms. The highest BCUT2D eigenvalue weighted by Gasteiger charge is 2.20. The summed E-state index contributed by atoms with van der Waals surface area (Å²) in [6.45, 7) is 3.83. The zero-order valence-electron chi connectivity index (χ0n) is 12.1. The minimum Gasteiger partial charge on any atom is -0.335 e. The Hall–Kier alpha value is -2.03. The third kappa shape index (κ3) is 4.00. The van der Waals surface area contributed by atoms with Crippen LogP contribution >= 0.6 is 23.2 Å². The zero-order valence-corrected chi connectivity index (χ0v) is 13.6. The van der Waals surface area contributed by atoms with Gasteiger partial charge in [-0.3, -0.25) is 4.79 Å². The number of benzene rings is 1. The lowest BCUT2D eigenvalue weighted by Crippen LogP contribution is -2.42. The highest BCUT2D eigenvalue weighted by Crippen LogP contribution is 2.21. The van der Waals surface area contributed by atoms with Crippen LogP contribution < -0.4 is 5.32 Å². The van der Waals surface area contributed by atoms with Gasteiger partial charge in [0.05, 0.1) is 18.3 Å². The van der Waals surface area contributed by atoms with Crippen LogP contribution in [0.2, 0.25) is 10.0 Å². The molecule has 0 radical (unpaired) electrons. The standard InChI is InChI=1S/C15H14Cl2N4O/c1-4-15(2,3)18-14(22)13-9-21(20-19-13)8-10-5-6-11(16)7-12(10)17/h1,5-7,9H,8H2,2-3H3,(H,18,22). The van der Waals surface area contributed by atoms with Gasteiger partial charge in [-0.05, 0) is 31.5 Å². The van der Waals surface area contributed by atoms with Gasteiger partial charge >= 0.3 is 0 Å². The van der Waals surface area contributed by atoms with E-state index in [9.17, 15) is 4.79 Å². The predicted molar refractivity (Wildman–Crippen MR) is 86.0 cm³/mol. The molecule has 114 valence electrons. The number of amides is 1. The maximum absolute atomic E-state index is 12.0. The van der Waals surface area contributed by atoms with Crippen molar-refractivity contribution >= 4 is 29.1 Å². The molecule has 0 aliphatic rings. The van der Waals surface area contributed by atoms with Gasteiger partial charge in [-0.1, -0.05) is 40.4 Å². The Labute approximate surface area is 138 Å². The van der Waals surface area contributed by atoms with Gasteiger partial charge in [-0.2, -0.15) is 0 Å². The van der Waals surface area contributed by atoms with Gasteiger partial charge in [0.25, 0.3) is 5.91 Å². The van der Waals surface area contributed by atoms with Gasteiger partial charge in [-0.25, -0.2) is 4.68 Å². The monoisotopic (exact) mass is 336 g/mol. The van der Waals surface area contributed by atoms with Crippen molar-refractivity contribution in [1.29, 1.82) is 0 Å². The van der Waals surface area contributed by atoms with E-state index >= 15 is 0 Å². The number of aromatic nitrogens is 3. The van der Waals surface area contributed by atoms with Crippen LogP contribution in [0, 0.1) is 12.3 Å². The highest BCUT2D eigenvalue weighted by molar-refractivity contribution is 6.35. The molecule has 0 saturated carbocycles. The van der Waals surface area contributed by atoms with Gasteiger partial charge in [-0.15, -0.1) is 11.5 Å². The number of rotatable bonds is 4. The van der Waals surface area contributed by atoms with Gasteiger partial charge in [0.1, 0.15) is 0 Å². The summed E-state index contributed by atoms with van der Waals surface area (Å²) < 4.78 is 1.52. The molecule has 5 nitrogen and oxygen atoms in total. The van der Waals surface area contributed by atoms with E-state index in [2.05, 4.69) is 21.5 Å². The third-order valence-corrected chi connectivity index (χ3v) is 3.49. The fourth-order valence-electron chi connectivity index (χ4n) is 1.69. The van der Waals surface area contributed by atoms with E-state index in [0.29, 0.717) is 16.6 Å². The van der Waals surface area contributed by atoms with Crippen molar-refractivity contribution < 1.29 is 4.79 Å². The molecule has 1 aromatic carbocycles. The van der Waals surface area contributed by atoms with E-state index in [-0.39, 0.29) is 11.6 Å². The first-order chi connectivity index (χ1) is 10.3. The van der Waals surface area contributed by atoms with Crippen molar-refractivity contribution in [2.75, 3.05) is 0 Å². The second kappa shape index (κ2) is 6.39. The number of halogens is 2. The molecule has 0 fully saturated rings. The molecular weight excluding hydrogens is 323 g/mol. The van der Waals surface area contributed by atoms with E-state index in [1.807, 2.05) is 0 Å². The quantitative estimate of drug-likeness (QED) is 0.873. The van der Waals surface area contributed by atoms with Gasteiger partial charge in [0, 0.05) is 10.0 Å². The summed E-state index contributed by atoms with van der Waals surface area (Å²) in [5, 5.41) is 11.5. The SMILES string of the molecule is C#CC(C)(C)NC(=O)c1cn(Cc2ccc(Cl)cc2Cl)nn1. The topological polar surface area (TPSA) is 59.8 Å². The predicted octanol–water partition coefficient (Wildman–Crippen LogP) is 2.77. The average Bonchev–Trinajstić information content (AvgIpc) is 2.90. The first kappa shape index (κ1) is 16.3. The Kier molecular flexibility index (Phi) is 4.74. The molecule has 0 aliphatic carbocycles. The van der Waals surface area contributed by atoms with Crippen LogP contribution in [-0.4, -0.2) is 26.4 Å². The van der Waals surface area contributed by atoms with E-state index in [4.69, 9.17) is 29.6 Å². The average molecular weight is 337 g/mol. The van der Waals surface area contributed by atoms with Crippen LogP contribution in [0.25, 0.3) is 0 Å². The molecule has 1 N–H and O–H groups in total.